The molecule has 0 amide bonds. The lowest BCUT2D eigenvalue weighted by atomic mass is 10.2. The first-order chi connectivity index (χ1) is 18.2. The first kappa shape index (κ1) is 39.0. The van der Waals surface area contributed by atoms with Gasteiger partial charge in [0.15, 0.2) is 0 Å². The van der Waals surface area contributed by atoms with E-state index in [0.717, 1.165) is 0 Å². The van der Waals surface area contributed by atoms with Crippen LogP contribution in [-0.2, 0) is 14.3 Å². The Morgan fingerprint density at radius 2 is 1.16 bits per heavy atom. The lowest BCUT2D eigenvalue weighted by Gasteiger charge is -2.37. The molecule has 0 saturated heterocycles. The molecule has 0 aliphatic heterocycles. The second kappa shape index (κ2) is 26.5. The minimum absolute atomic E-state index is 0.265. The molecule has 0 spiro atoms. The van der Waals surface area contributed by atoms with E-state index >= 15 is 0 Å². The summed E-state index contributed by atoms with van der Waals surface area (Å²) in [7, 11) is -0.185. The van der Waals surface area contributed by atoms with Gasteiger partial charge in [-0.1, -0.05) is 47.5 Å². The molecule has 4 heteroatoms. The minimum atomic E-state index is -1.75. The fraction of sp³-hybridized carbons (Fsp3) is 0.471. The average Bonchev–Trinajstić information content (AvgIpc) is 2.89. The highest BCUT2D eigenvalue weighted by molar-refractivity contribution is 6.90. The molecule has 1 unspecified atom stereocenters. The summed E-state index contributed by atoms with van der Waals surface area (Å²) in [6.07, 6.45) is 1.66. The van der Waals surface area contributed by atoms with Crippen LogP contribution >= 0.6 is 0 Å². The van der Waals surface area contributed by atoms with Crippen LogP contribution in [0.2, 0.25) is 16.6 Å². The van der Waals surface area contributed by atoms with Gasteiger partial charge in [-0.15, -0.1) is 31.9 Å². The Morgan fingerprint density at radius 3 is 1.55 bits per heavy atom. The van der Waals surface area contributed by atoms with E-state index in [2.05, 4.69) is 145 Å². The highest BCUT2D eigenvalue weighted by atomic mass is 28.3. The molecule has 0 aromatic rings. The third-order valence-corrected chi connectivity index (χ3v) is 11.7. The van der Waals surface area contributed by atoms with Gasteiger partial charge in [0.2, 0.25) is 0 Å². The standard InChI is InChI=1S/C30H37O3Si.2C2H4/c1-9-29(25-32-8)33-30(31)23-21-19-17-15-13-11-10-12-14-16-18-20-22-24-34(26(2)3,27(4)5)28(6)7;2*1-2/h26-29H,1,9,19,21,23,25H2,2-8H3;2*1-2H2. The molecule has 0 heterocycles. The van der Waals surface area contributed by atoms with E-state index in [9.17, 15) is 4.79 Å². The maximum absolute atomic E-state index is 11.7. The summed E-state index contributed by atoms with van der Waals surface area (Å²) in [5, 5.41) is 0. The number of hydrogen-bond acceptors (Lipinski definition) is 3. The third kappa shape index (κ3) is 17.8. The molecule has 0 aliphatic rings. The van der Waals surface area contributed by atoms with Crippen molar-refractivity contribution in [1.29, 1.82) is 0 Å². The molecule has 0 aromatic carbocycles. The lowest BCUT2D eigenvalue weighted by Crippen LogP contribution is -2.43. The number of hydrogen-bond donors (Lipinski definition) is 0. The molecule has 38 heavy (non-hydrogen) atoms. The van der Waals surface area contributed by atoms with Gasteiger partial charge in [-0.2, -0.15) is 0 Å². The molecular formula is C34H45O3Si. The summed E-state index contributed by atoms with van der Waals surface area (Å²) in [6.45, 7) is 29.7. The maximum Gasteiger partial charge on any atom is 0.306 e. The summed E-state index contributed by atoms with van der Waals surface area (Å²) in [6, 6.07) is 0. The Morgan fingerprint density at radius 1 is 0.737 bits per heavy atom. The van der Waals surface area contributed by atoms with Crippen molar-refractivity contribution < 1.29 is 14.3 Å². The van der Waals surface area contributed by atoms with Crippen molar-refractivity contribution in [2.24, 2.45) is 0 Å². The van der Waals surface area contributed by atoms with Crippen LogP contribution in [0.3, 0.4) is 0 Å². The fourth-order valence-electron chi connectivity index (χ4n) is 3.86. The summed E-state index contributed by atoms with van der Waals surface area (Å²) in [5.41, 5.74) is 5.27. The average molecular weight is 530 g/mol. The first-order valence-electron chi connectivity index (χ1n) is 12.7. The number of unbranched alkanes of at least 4 members (excludes halogenated alkanes) is 1. The van der Waals surface area contributed by atoms with Gasteiger partial charge in [0.25, 0.3) is 0 Å². The first-order valence-corrected chi connectivity index (χ1v) is 14.9. The van der Waals surface area contributed by atoms with Gasteiger partial charge in [-0.05, 0) is 95.6 Å². The highest BCUT2D eigenvalue weighted by Crippen LogP contribution is 2.40. The topological polar surface area (TPSA) is 35.5 Å². The van der Waals surface area contributed by atoms with E-state index < -0.39 is 8.07 Å². The third-order valence-electron chi connectivity index (χ3n) is 5.45. The largest absolute Gasteiger partial charge is 0.460 e. The molecule has 0 rings (SSSR count). The van der Waals surface area contributed by atoms with Gasteiger partial charge in [0, 0.05) is 20.0 Å². The predicted molar refractivity (Wildman–Crippen MR) is 166 cm³/mol. The smallest absolute Gasteiger partial charge is 0.306 e. The molecule has 0 aromatic heterocycles. The lowest BCUT2D eigenvalue weighted by molar-refractivity contribution is -0.151. The number of methoxy groups -OCH3 is 1. The van der Waals surface area contributed by atoms with Crippen molar-refractivity contribution in [3.05, 3.63) is 33.2 Å². The molecule has 3 nitrogen and oxygen atoms in total. The predicted octanol–water partition coefficient (Wildman–Crippen LogP) is 6.78. The normalized spacial score (nSPS) is 9.55. The van der Waals surface area contributed by atoms with E-state index in [1.807, 2.05) is 0 Å². The zero-order valence-electron chi connectivity index (χ0n) is 24.6. The zero-order chi connectivity index (χ0) is 29.8. The summed E-state index contributed by atoms with van der Waals surface area (Å²) < 4.78 is 10.2. The van der Waals surface area contributed by atoms with Crippen molar-refractivity contribution in [2.75, 3.05) is 13.7 Å². The molecule has 1 radical (unpaired) electrons. The van der Waals surface area contributed by atoms with Gasteiger partial charge in [0.1, 0.15) is 14.2 Å². The van der Waals surface area contributed by atoms with E-state index in [1.165, 1.54) is 0 Å². The van der Waals surface area contributed by atoms with Gasteiger partial charge >= 0.3 is 5.97 Å². The molecule has 0 bridgehead atoms. The second-order valence-corrected chi connectivity index (χ2v) is 14.2. The quantitative estimate of drug-likeness (QED) is 0.103. The van der Waals surface area contributed by atoms with E-state index in [1.54, 1.807) is 7.11 Å². The van der Waals surface area contributed by atoms with Crippen LogP contribution in [-0.4, -0.2) is 33.9 Å². The van der Waals surface area contributed by atoms with Gasteiger partial charge in [0.05, 0.1) is 6.61 Å². The van der Waals surface area contributed by atoms with Gasteiger partial charge in [-0.25, -0.2) is 0 Å². The molecule has 1 atom stereocenters. The van der Waals surface area contributed by atoms with Crippen molar-refractivity contribution in [1.82, 2.24) is 0 Å². The van der Waals surface area contributed by atoms with Crippen molar-refractivity contribution in [3.8, 4) is 70.7 Å². The van der Waals surface area contributed by atoms with E-state index in [-0.39, 0.29) is 12.1 Å². The van der Waals surface area contributed by atoms with Crippen LogP contribution in [0.25, 0.3) is 0 Å². The van der Waals surface area contributed by atoms with E-state index in [4.69, 9.17) is 9.47 Å². The number of esters is 1. The van der Waals surface area contributed by atoms with Crippen LogP contribution in [0.1, 0.15) is 67.2 Å². The monoisotopic (exact) mass is 529 g/mol. The van der Waals surface area contributed by atoms with Gasteiger partial charge < -0.3 is 9.47 Å². The minimum Gasteiger partial charge on any atom is -0.460 e. The Kier molecular flexibility index (Phi) is 27.3. The summed E-state index contributed by atoms with van der Waals surface area (Å²) >= 11 is 0. The molecule has 0 saturated carbocycles. The Balaban J connectivity index is -0.00000291. The van der Waals surface area contributed by atoms with Gasteiger partial charge in [-0.3, -0.25) is 4.79 Å². The SMILES string of the molecule is C=C.C=C.[CH2]CC(COC)OC(=O)CCCC#CC#CC#CC#CC#CC#C[Si](C(C)C)(C(C)C)C(C)C. The molecule has 0 fully saturated rings. The van der Waals surface area contributed by atoms with Crippen LogP contribution in [0.5, 0.6) is 0 Å². The molecule has 203 valence electrons. The number of carbonyl (C=O) groups excluding carboxylic acids is 1. The van der Waals surface area contributed by atoms with Crippen molar-refractivity contribution in [3.63, 3.8) is 0 Å². The molecule has 0 aliphatic carbocycles. The van der Waals surface area contributed by atoms with Crippen molar-refractivity contribution >= 4 is 14.0 Å². The van der Waals surface area contributed by atoms with Crippen LogP contribution in [0, 0.1) is 77.6 Å². The number of ether oxygens (including phenoxy) is 2. The van der Waals surface area contributed by atoms with E-state index in [0.29, 0.717) is 48.9 Å². The molecular weight excluding hydrogens is 484 g/mol. The second-order valence-electron chi connectivity index (χ2n) is 8.66. The fourth-order valence-corrected chi connectivity index (χ4v) is 9.00. The summed E-state index contributed by atoms with van der Waals surface area (Å²) in [5.74, 6) is 29.8. The van der Waals surface area contributed by atoms with Crippen LogP contribution in [0.15, 0.2) is 26.3 Å². The Labute approximate surface area is 235 Å². The maximum atomic E-state index is 11.7. The Bertz CT molecular complexity index is 1020. The Hall–Kier alpha value is -3.51. The number of rotatable bonds is 10. The van der Waals surface area contributed by atoms with Crippen LogP contribution < -0.4 is 0 Å². The van der Waals surface area contributed by atoms with Crippen molar-refractivity contribution in [2.45, 2.75) is 90.0 Å². The highest BCUT2D eigenvalue weighted by Gasteiger charge is 2.41. The van der Waals surface area contributed by atoms with Crippen LogP contribution in [0.4, 0.5) is 0 Å². The number of carbonyl (C=O) groups is 1. The molecule has 0 N–H and O–H groups in total. The zero-order valence-corrected chi connectivity index (χ0v) is 25.6. The summed E-state index contributed by atoms with van der Waals surface area (Å²) in [4.78, 5) is 11.7.